The average Bonchev–Trinajstić information content (AvgIpc) is 2.73. The first kappa shape index (κ1) is 13.9. The summed E-state index contributed by atoms with van der Waals surface area (Å²) in [6.07, 6.45) is 2.39. The zero-order valence-electron chi connectivity index (χ0n) is 10.7. The lowest BCUT2D eigenvalue weighted by atomic mass is 9.79. The number of amides is 1. The van der Waals surface area contributed by atoms with Gasteiger partial charge in [-0.05, 0) is 60.8 Å². The highest BCUT2D eigenvalue weighted by Gasteiger charge is 2.40. The lowest BCUT2D eigenvalue weighted by Crippen LogP contribution is -2.62. The molecule has 3 aliphatic heterocycles. The van der Waals surface area contributed by atoms with Gasteiger partial charge in [0.1, 0.15) is 4.88 Å². The quantitative estimate of drug-likeness (QED) is 0.873. The van der Waals surface area contributed by atoms with Crippen LogP contribution in [0.4, 0.5) is 0 Å². The van der Waals surface area contributed by atoms with Crippen LogP contribution in [0.2, 0.25) is 4.34 Å². The predicted octanol–water partition coefficient (Wildman–Crippen LogP) is 3.38. The molecular formula is C13H16BrClN2OS. The first-order chi connectivity index (χ1) is 9.06. The number of carbonyl (C=O) groups is 1. The number of carbonyl (C=O) groups excluding carboxylic acids is 1. The molecule has 104 valence electrons. The lowest BCUT2D eigenvalue weighted by Gasteiger charge is -2.49. The van der Waals surface area contributed by atoms with Crippen LogP contribution in [0.5, 0.6) is 0 Å². The van der Waals surface area contributed by atoms with Crippen molar-refractivity contribution in [2.75, 3.05) is 13.1 Å². The maximum absolute atomic E-state index is 12.4. The highest BCUT2D eigenvalue weighted by Crippen LogP contribution is 2.34. The molecule has 3 fully saturated rings. The Balaban J connectivity index is 1.74. The van der Waals surface area contributed by atoms with Gasteiger partial charge in [0, 0.05) is 16.6 Å². The number of fused-ring (bicyclic) bond motifs is 3. The first-order valence-electron chi connectivity index (χ1n) is 6.56. The molecule has 3 aliphatic rings. The summed E-state index contributed by atoms with van der Waals surface area (Å²) in [5.41, 5.74) is 0. The Bertz CT molecular complexity index is 497. The Hall–Kier alpha value is -0.100. The molecule has 0 aromatic carbocycles. The van der Waals surface area contributed by atoms with Gasteiger partial charge in [0.2, 0.25) is 0 Å². The molecule has 19 heavy (non-hydrogen) atoms. The van der Waals surface area contributed by atoms with Crippen LogP contribution in [0.15, 0.2) is 10.5 Å². The minimum atomic E-state index is -0.00521. The Morgan fingerprint density at radius 3 is 2.74 bits per heavy atom. The van der Waals surface area contributed by atoms with Crippen LogP contribution in [-0.2, 0) is 0 Å². The fourth-order valence-electron chi connectivity index (χ4n) is 3.26. The van der Waals surface area contributed by atoms with Crippen molar-refractivity contribution in [1.82, 2.24) is 10.2 Å². The summed E-state index contributed by atoms with van der Waals surface area (Å²) in [6.45, 7) is 4.56. The van der Waals surface area contributed by atoms with Gasteiger partial charge in [-0.3, -0.25) is 9.69 Å². The molecule has 3 saturated heterocycles. The van der Waals surface area contributed by atoms with Gasteiger partial charge in [0.05, 0.1) is 4.34 Å². The van der Waals surface area contributed by atoms with Crippen LogP contribution in [0, 0.1) is 5.92 Å². The second-order valence-electron chi connectivity index (χ2n) is 5.34. The van der Waals surface area contributed by atoms with Crippen LogP contribution in [0.1, 0.15) is 29.4 Å². The van der Waals surface area contributed by atoms with Crippen LogP contribution < -0.4 is 5.32 Å². The summed E-state index contributed by atoms with van der Waals surface area (Å²) in [4.78, 5) is 15.5. The third kappa shape index (κ3) is 2.58. The molecule has 2 bridgehead atoms. The number of rotatable bonds is 2. The third-order valence-corrected chi connectivity index (χ3v) is 6.49. The summed E-state index contributed by atoms with van der Waals surface area (Å²) in [6, 6.07) is 2.48. The Morgan fingerprint density at radius 2 is 2.21 bits per heavy atom. The first-order valence-corrected chi connectivity index (χ1v) is 8.54. The summed E-state index contributed by atoms with van der Waals surface area (Å²) in [7, 11) is 0. The molecule has 1 aromatic rings. The summed E-state index contributed by atoms with van der Waals surface area (Å²) >= 11 is 10.7. The van der Waals surface area contributed by atoms with Gasteiger partial charge >= 0.3 is 0 Å². The Labute approximate surface area is 130 Å². The number of piperidine rings is 3. The second-order valence-corrected chi connectivity index (χ2v) is 7.88. The number of halogens is 2. The monoisotopic (exact) mass is 362 g/mol. The number of thiophene rings is 1. The fraction of sp³-hybridized carbons (Fsp3) is 0.615. The fourth-order valence-corrected chi connectivity index (χ4v) is 5.21. The predicted molar refractivity (Wildman–Crippen MR) is 82.0 cm³/mol. The summed E-state index contributed by atoms with van der Waals surface area (Å²) in [5.74, 6) is 0.618. The van der Waals surface area contributed by atoms with E-state index in [9.17, 15) is 4.79 Å². The SMILES string of the molecule is C[C@H]1[C@H](NC(=O)c2sc(Cl)cc2Br)C2CCN1CC2. The van der Waals surface area contributed by atoms with E-state index in [4.69, 9.17) is 11.6 Å². The van der Waals surface area contributed by atoms with Crippen LogP contribution in [-0.4, -0.2) is 36.0 Å². The highest BCUT2D eigenvalue weighted by atomic mass is 79.9. The summed E-state index contributed by atoms with van der Waals surface area (Å²) < 4.78 is 1.42. The Kier molecular flexibility index (Phi) is 3.91. The number of nitrogens with zero attached hydrogens (tertiary/aromatic N) is 1. The van der Waals surface area contributed by atoms with E-state index < -0.39 is 0 Å². The van der Waals surface area contributed by atoms with Gasteiger partial charge in [0.25, 0.3) is 5.91 Å². The van der Waals surface area contributed by atoms with Gasteiger partial charge in [-0.25, -0.2) is 0 Å². The van der Waals surface area contributed by atoms with E-state index in [1.54, 1.807) is 6.07 Å². The van der Waals surface area contributed by atoms with Crippen molar-refractivity contribution in [3.8, 4) is 0 Å². The van der Waals surface area contributed by atoms with Crippen LogP contribution in [0.3, 0.4) is 0 Å². The van der Waals surface area contributed by atoms with E-state index in [1.165, 1.54) is 37.3 Å². The number of nitrogens with one attached hydrogen (secondary N) is 1. The maximum Gasteiger partial charge on any atom is 0.262 e. The molecule has 3 nitrogen and oxygen atoms in total. The van der Waals surface area contributed by atoms with Crippen molar-refractivity contribution in [3.63, 3.8) is 0 Å². The van der Waals surface area contributed by atoms with E-state index in [0.717, 1.165) is 4.47 Å². The second kappa shape index (κ2) is 5.35. The minimum absolute atomic E-state index is 0.00521. The number of hydrogen-bond donors (Lipinski definition) is 1. The highest BCUT2D eigenvalue weighted by molar-refractivity contribution is 9.10. The van der Waals surface area contributed by atoms with Crippen molar-refractivity contribution in [3.05, 3.63) is 19.8 Å². The molecule has 0 saturated carbocycles. The Morgan fingerprint density at radius 1 is 1.53 bits per heavy atom. The van der Waals surface area contributed by atoms with Crippen molar-refractivity contribution in [2.24, 2.45) is 5.92 Å². The van der Waals surface area contributed by atoms with Gasteiger partial charge < -0.3 is 5.32 Å². The molecule has 6 heteroatoms. The average molecular weight is 364 g/mol. The van der Waals surface area contributed by atoms with E-state index in [1.807, 2.05) is 0 Å². The normalized spacial score (nSPS) is 33.4. The molecule has 1 amide bonds. The van der Waals surface area contributed by atoms with Crippen LogP contribution >= 0.6 is 38.9 Å². The zero-order chi connectivity index (χ0) is 13.6. The van der Waals surface area contributed by atoms with Crippen molar-refractivity contribution in [1.29, 1.82) is 0 Å². The van der Waals surface area contributed by atoms with Gasteiger partial charge in [0.15, 0.2) is 0 Å². The molecule has 0 radical (unpaired) electrons. The smallest absolute Gasteiger partial charge is 0.262 e. The van der Waals surface area contributed by atoms with Crippen molar-refractivity contribution in [2.45, 2.75) is 31.8 Å². The van der Waals surface area contributed by atoms with E-state index in [2.05, 4.69) is 33.1 Å². The standard InChI is InChI=1S/C13H16BrClN2OS/c1-7-11(8-2-4-17(7)5-3-8)16-13(18)12-9(14)6-10(15)19-12/h6-8,11H,2-5H2,1H3,(H,16,18)/t7-,11-/m0/s1. The van der Waals surface area contributed by atoms with E-state index in [0.29, 0.717) is 21.2 Å². The molecule has 4 rings (SSSR count). The molecule has 0 aliphatic carbocycles. The van der Waals surface area contributed by atoms with Crippen molar-refractivity contribution >= 4 is 44.8 Å². The maximum atomic E-state index is 12.4. The molecule has 4 heterocycles. The van der Waals surface area contributed by atoms with Gasteiger partial charge in [-0.1, -0.05) is 11.6 Å². The lowest BCUT2D eigenvalue weighted by molar-refractivity contribution is 0.0218. The molecule has 1 aromatic heterocycles. The topological polar surface area (TPSA) is 32.3 Å². The minimum Gasteiger partial charge on any atom is -0.347 e. The van der Waals surface area contributed by atoms with Gasteiger partial charge in [-0.2, -0.15) is 0 Å². The van der Waals surface area contributed by atoms with E-state index in [-0.39, 0.29) is 11.9 Å². The summed E-state index contributed by atoms with van der Waals surface area (Å²) in [5, 5.41) is 3.21. The number of hydrogen-bond acceptors (Lipinski definition) is 3. The largest absolute Gasteiger partial charge is 0.347 e. The third-order valence-electron chi connectivity index (χ3n) is 4.34. The van der Waals surface area contributed by atoms with Crippen molar-refractivity contribution < 1.29 is 4.79 Å². The van der Waals surface area contributed by atoms with Gasteiger partial charge in [-0.15, -0.1) is 11.3 Å². The zero-order valence-corrected chi connectivity index (χ0v) is 13.8. The molecular weight excluding hydrogens is 348 g/mol. The molecule has 2 atom stereocenters. The molecule has 0 spiro atoms. The van der Waals surface area contributed by atoms with Crippen LogP contribution in [0.25, 0.3) is 0 Å². The molecule has 0 unspecified atom stereocenters. The van der Waals surface area contributed by atoms with E-state index >= 15 is 0 Å². The molecule has 1 N–H and O–H groups in total.